The molecule has 0 amide bonds. The van der Waals surface area contributed by atoms with E-state index in [2.05, 4.69) is 29.0 Å². The van der Waals surface area contributed by atoms with Gasteiger partial charge in [0, 0.05) is 102 Å². The first-order valence-corrected chi connectivity index (χ1v) is 34.5. The van der Waals surface area contributed by atoms with Crippen LogP contribution in [0.5, 0.6) is 0 Å². The van der Waals surface area contributed by atoms with Crippen molar-refractivity contribution >= 4 is 59.4 Å². The Balaban J connectivity index is 0.000000205. The molecule has 0 bridgehead atoms. The van der Waals surface area contributed by atoms with Crippen LogP contribution in [0.25, 0.3) is 0 Å². The van der Waals surface area contributed by atoms with E-state index in [9.17, 15) is 44.7 Å². The Hall–Kier alpha value is -7.45. The third-order valence-electron chi connectivity index (χ3n) is 22.4. The standard InChI is InChI=1S/C41H44O7.C41H42O6.S2.H2S/c1-25-21-33-38(45,35(25)43)23-28(22-32-34-37(4,5)41(34,48-27(3)42)36(44)26(2)39(32,33)46)24-47-40(29-15-9-6-10-16-29,30-17-11-7-12-18-30)31-19-13-8-14-20-31;1-26(2)37-34-23-30(24-39(44)36(21-27(3)38(39)43)40(34,45)28(4)22-35(37)47-29(5)42)25-46-41(31-15-9-6-10-16-31,32-17-11-7-12-18-32)33-19-13-8-14-20-33;1-2;/h6-22,26,32-34,36,44-46H,23-24H2,1-5H3;6-23,28,34,36-37,44-45H,1,24-25H2,2-5H3;;1H2/t26-,32+,33-,34-,36-,38-,39-,41-;28-,34+,36-,37+,39-,40-;;/m11../s1. The number of aliphatic hydroxyl groups excluding tert-OH is 1. The summed E-state index contributed by atoms with van der Waals surface area (Å²) in [6, 6.07) is 59.9. The van der Waals surface area contributed by atoms with Crippen molar-refractivity contribution in [2.45, 2.75) is 120 Å². The first kappa shape index (κ1) is 73.3. The molecule has 0 unspecified atom stereocenters. The van der Waals surface area contributed by atoms with Crippen LogP contribution in [0.4, 0.5) is 0 Å². The van der Waals surface area contributed by atoms with Crippen LogP contribution in [0.2, 0.25) is 0 Å². The molecule has 98 heavy (non-hydrogen) atoms. The summed E-state index contributed by atoms with van der Waals surface area (Å²) < 4.78 is 26.0. The van der Waals surface area contributed by atoms with Crippen molar-refractivity contribution in [3.05, 3.63) is 286 Å². The lowest BCUT2D eigenvalue weighted by atomic mass is 9.58. The summed E-state index contributed by atoms with van der Waals surface area (Å²) in [5.74, 6) is -7.14. The average Bonchev–Trinajstić information content (AvgIpc) is 1.47. The summed E-state index contributed by atoms with van der Waals surface area (Å²) in [6.07, 6.45) is 7.69. The van der Waals surface area contributed by atoms with E-state index in [4.69, 9.17) is 18.9 Å². The van der Waals surface area contributed by atoms with Crippen LogP contribution < -0.4 is 0 Å². The Kier molecular flexibility index (Phi) is 20.9. The molecule has 0 aromatic heterocycles. The minimum absolute atomic E-state index is 0. The summed E-state index contributed by atoms with van der Waals surface area (Å²) in [5.41, 5.74) is -2.93. The van der Waals surface area contributed by atoms with Crippen molar-refractivity contribution in [3.8, 4) is 0 Å². The Morgan fingerprint density at radius 3 is 1.19 bits per heavy atom. The zero-order valence-electron chi connectivity index (χ0n) is 56.8. The maximum absolute atomic E-state index is 13.8. The second-order valence-electron chi connectivity index (χ2n) is 28.2. The lowest BCUT2D eigenvalue weighted by Crippen LogP contribution is -2.65. The predicted molar refractivity (Wildman–Crippen MR) is 386 cm³/mol. The van der Waals surface area contributed by atoms with E-state index in [0.29, 0.717) is 33.6 Å². The fourth-order valence-electron chi connectivity index (χ4n) is 18.0. The number of ketones is 2. The molecule has 16 heteroatoms. The number of carbonyl (C=O) groups is 4. The second-order valence-corrected chi connectivity index (χ2v) is 28.2. The normalized spacial score (nSPS) is 30.9. The van der Waals surface area contributed by atoms with Gasteiger partial charge < -0.3 is 44.5 Å². The minimum atomic E-state index is -1.95. The number of fused-ring (bicyclic) bond motifs is 8. The van der Waals surface area contributed by atoms with Gasteiger partial charge in [-0.05, 0) is 82.5 Å². The number of hydrogen-bond donors (Lipinski definition) is 5. The summed E-state index contributed by atoms with van der Waals surface area (Å²) in [4.78, 5) is 52.3. The van der Waals surface area contributed by atoms with Crippen LogP contribution in [0.15, 0.2) is 253 Å². The molecule has 6 aromatic rings. The summed E-state index contributed by atoms with van der Waals surface area (Å²) >= 11 is 7.33. The van der Waals surface area contributed by atoms with E-state index in [1.807, 2.05) is 222 Å². The van der Waals surface area contributed by atoms with Gasteiger partial charge in [-0.25, -0.2) is 0 Å². The average molecular weight is 1380 g/mol. The summed E-state index contributed by atoms with van der Waals surface area (Å²) in [6.45, 7) is 19.6. The second kappa shape index (κ2) is 27.9. The molecule has 512 valence electrons. The molecular formula is C82H88O13S3. The number of ether oxygens (including phenoxy) is 4. The number of hydrogen-bond acceptors (Lipinski definition) is 15. The maximum Gasteiger partial charge on any atom is 0.307 e. The third kappa shape index (κ3) is 11.7. The topological polar surface area (TPSA) is 206 Å². The van der Waals surface area contributed by atoms with E-state index >= 15 is 0 Å². The largest absolute Gasteiger partial charge is 0.456 e. The molecule has 14 atom stereocenters. The number of rotatable bonds is 15. The molecule has 0 heterocycles. The smallest absolute Gasteiger partial charge is 0.307 e. The zero-order valence-corrected chi connectivity index (χ0v) is 59.4. The highest BCUT2D eigenvalue weighted by Crippen LogP contribution is 2.76. The lowest BCUT2D eigenvalue weighted by molar-refractivity contribution is -0.218. The fourth-order valence-corrected chi connectivity index (χ4v) is 18.0. The molecule has 7 aliphatic rings. The van der Waals surface area contributed by atoms with Crippen molar-refractivity contribution in [3.63, 3.8) is 0 Å². The van der Waals surface area contributed by atoms with Gasteiger partial charge in [-0.1, -0.05) is 246 Å². The fraction of sp³-hybridized carbons (Fsp3) is 0.366. The maximum atomic E-state index is 13.8. The van der Waals surface area contributed by atoms with Gasteiger partial charge in [0.2, 0.25) is 0 Å². The Morgan fingerprint density at radius 1 is 0.531 bits per heavy atom. The Bertz CT molecular complexity index is 3950. The van der Waals surface area contributed by atoms with Crippen molar-refractivity contribution in [1.29, 1.82) is 0 Å². The van der Waals surface area contributed by atoms with Crippen LogP contribution in [0, 0.1) is 52.8 Å². The van der Waals surface area contributed by atoms with Crippen molar-refractivity contribution in [2.75, 3.05) is 13.2 Å². The van der Waals surface area contributed by atoms with E-state index in [1.165, 1.54) is 13.8 Å². The van der Waals surface area contributed by atoms with E-state index in [0.717, 1.165) is 33.4 Å². The predicted octanol–water partition coefficient (Wildman–Crippen LogP) is 12.5. The summed E-state index contributed by atoms with van der Waals surface area (Å²) in [7, 11) is 0. The Morgan fingerprint density at radius 2 is 0.867 bits per heavy atom. The molecule has 2 fully saturated rings. The highest BCUT2D eigenvalue weighted by molar-refractivity contribution is 8.07. The van der Waals surface area contributed by atoms with E-state index in [-0.39, 0.29) is 39.6 Å². The van der Waals surface area contributed by atoms with Crippen LogP contribution >= 0.6 is 13.5 Å². The SMILES string of the molecule is C=C(C)[C@@H]1C(OC(C)=O)=C[C@@H](C)[C@@]2(O)[C@H]1C=C(COC(c1ccccc1)(c1ccccc1)c1ccccc1)C[C@]1(O)C(=O)C(C)=C[C@@H]21.CC(=O)O[C@@]12[C@H](O)[C@@H](C)[C@@]3(O)[C@@H](C=C(COC(c4ccccc4)(c4ccccc4)c4ccccc4)C[C@]4(O)C(=O)C(C)=C[C@@H]34)[C@@H]1C2(C)C.S.S=S. The lowest BCUT2D eigenvalue weighted by Gasteiger charge is -2.52. The molecule has 0 saturated heterocycles. The number of carbonyl (C=O) groups excluding carboxylic acids is 4. The van der Waals surface area contributed by atoms with Gasteiger partial charge in [-0.2, -0.15) is 13.5 Å². The van der Waals surface area contributed by atoms with E-state index < -0.39 is 122 Å². The number of benzene rings is 6. The molecule has 0 spiro atoms. The van der Waals surface area contributed by atoms with Crippen LogP contribution in [0.3, 0.4) is 0 Å². The van der Waals surface area contributed by atoms with Gasteiger partial charge in [0.15, 0.2) is 11.6 Å². The molecule has 6 aromatic carbocycles. The molecule has 13 rings (SSSR count). The number of aliphatic hydroxyl groups is 5. The van der Waals surface area contributed by atoms with Gasteiger partial charge in [0.05, 0.1) is 30.5 Å². The molecule has 0 aliphatic heterocycles. The number of allylic oxidation sites excluding steroid dienone is 1. The highest BCUT2D eigenvalue weighted by Gasteiger charge is 2.86. The van der Waals surface area contributed by atoms with Crippen LogP contribution in [-0.4, -0.2) is 96.4 Å². The zero-order chi connectivity index (χ0) is 69.8. The highest BCUT2D eigenvalue weighted by atomic mass is 32.8. The molecule has 7 aliphatic carbocycles. The van der Waals surface area contributed by atoms with Crippen molar-refractivity contribution in [2.24, 2.45) is 52.8 Å². The van der Waals surface area contributed by atoms with Gasteiger partial charge in [0.25, 0.3) is 0 Å². The first-order valence-electron chi connectivity index (χ1n) is 33.1. The molecule has 13 nitrogen and oxygen atoms in total. The van der Waals surface area contributed by atoms with Gasteiger partial charge in [0.1, 0.15) is 33.8 Å². The molecule has 2 saturated carbocycles. The van der Waals surface area contributed by atoms with Gasteiger partial charge in [-0.3, -0.25) is 19.2 Å². The number of Topliss-reactive ketones (excluding diaryl/α,β-unsaturated/α-hetero) is 2. The van der Waals surface area contributed by atoms with Crippen LogP contribution in [0.1, 0.15) is 109 Å². The van der Waals surface area contributed by atoms with Gasteiger partial charge in [-0.15, -0.1) is 0 Å². The third-order valence-corrected chi connectivity index (χ3v) is 22.4. The van der Waals surface area contributed by atoms with Crippen molar-refractivity contribution < 1.29 is 63.7 Å². The monoisotopic (exact) mass is 1380 g/mol. The molecule has 0 radical (unpaired) electrons. The number of esters is 2. The summed E-state index contributed by atoms with van der Waals surface area (Å²) in [5, 5.41) is 62.3. The molecular weight excluding hydrogens is 1290 g/mol. The van der Waals surface area contributed by atoms with Gasteiger partial charge >= 0.3 is 11.9 Å². The molecule has 5 N–H and O–H groups in total. The minimum Gasteiger partial charge on any atom is -0.456 e. The quantitative estimate of drug-likeness (QED) is 0.0368. The first-order chi connectivity index (χ1) is 46.2. The van der Waals surface area contributed by atoms with Crippen LogP contribution in [-0.2, 0) is 71.7 Å². The Labute approximate surface area is 591 Å². The van der Waals surface area contributed by atoms with E-state index in [1.54, 1.807) is 39.0 Å². The van der Waals surface area contributed by atoms with Crippen molar-refractivity contribution in [1.82, 2.24) is 0 Å².